The third-order valence-electron chi connectivity index (χ3n) is 26.2. The molecule has 2 aliphatic heterocycles. The summed E-state index contributed by atoms with van der Waals surface area (Å²) >= 11 is 31.4. The molecule has 2 N–H and O–H groups in total. The Morgan fingerprint density at radius 1 is 0.194 bits per heavy atom. The van der Waals surface area contributed by atoms with Gasteiger partial charge in [-0.15, -0.1) is 0 Å². The van der Waals surface area contributed by atoms with Crippen LogP contribution in [-0.4, -0.2) is 39.9 Å². The van der Waals surface area contributed by atoms with Crippen molar-refractivity contribution >= 4 is 172 Å². The van der Waals surface area contributed by atoms with Crippen LogP contribution < -0.4 is 0 Å². The molecule has 8 aliphatic carbocycles. The Kier molecular flexibility index (Phi) is 12.9. The molecule has 0 fully saturated rings. The van der Waals surface area contributed by atoms with E-state index in [1.165, 1.54) is 134 Å². The Bertz CT molecular complexity index is 6280. The summed E-state index contributed by atoms with van der Waals surface area (Å²) in [6.07, 6.45) is 6.52. The summed E-state index contributed by atoms with van der Waals surface area (Å²) in [7, 11) is 0. The number of nitrogens with one attached hydrogen (secondary N) is 2. The molecule has 108 heavy (non-hydrogen) atoms. The minimum Gasteiger partial charge on any atom is -0.324 e. The van der Waals surface area contributed by atoms with Crippen molar-refractivity contribution in [3.05, 3.63) is 319 Å². The summed E-state index contributed by atoms with van der Waals surface area (Å²) in [5.74, 6) is 2.37. The van der Waals surface area contributed by atoms with Gasteiger partial charge in [-0.05, 0) is 330 Å². The van der Waals surface area contributed by atoms with Crippen molar-refractivity contribution in [1.29, 1.82) is 0 Å². The summed E-state index contributed by atoms with van der Waals surface area (Å²) in [4.78, 5) is 42.7. The van der Waals surface area contributed by atoms with Gasteiger partial charge in [-0.2, -0.15) is 0 Å². The van der Waals surface area contributed by atoms with Crippen molar-refractivity contribution in [3.8, 4) is 90.1 Å². The van der Waals surface area contributed by atoms with E-state index in [4.69, 9.17) is 29.9 Å². The third kappa shape index (κ3) is 8.54. The molecule has 10 aliphatic rings. The molecular formula is C92H50Br8N8. The Morgan fingerprint density at radius 2 is 0.361 bits per heavy atom. The van der Waals surface area contributed by atoms with E-state index >= 15 is 0 Å². The lowest BCUT2D eigenvalue weighted by Crippen LogP contribution is -2.25. The maximum absolute atomic E-state index is 5.87. The van der Waals surface area contributed by atoms with E-state index < -0.39 is 0 Å². The number of halogens is 8. The lowest BCUT2D eigenvalue weighted by atomic mass is 9.75. The highest BCUT2D eigenvalue weighted by Crippen LogP contribution is 2.63. The summed E-state index contributed by atoms with van der Waals surface area (Å²) in [5, 5.41) is 3.88. The van der Waals surface area contributed by atoms with Crippen LogP contribution in [0.1, 0.15) is 89.0 Å². The van der Waals surface area contributed by atoms with Gasteiger partial charge in [0.15, 0.2) is 23.3 Å². The second kappa shape index (κ2) is 21.9. The Morgan fingerprint density at radius 3 is 0.537 bits per heavy atom. The first-order valence-corrected chi connectivity index (χ1v) is 42.7. The average Bonchev–Trinajstić information content (AvgIpc) is 1.55. The van der Waals surface area contributed by atoms with Crippen LogP contribution in [-0.2, 0) is 73.0 Å². The fourth-order valence-corrected chi connectivity index (χ4v) is 24.7. The van der Waals surface area contributed by atoms with Gasteiger partial charge in [0, 0.05) is 101 Å². The Labute approximate surface area is 686 Å². The zero-order valence-electron chi connectivity index (χ0n) is 56.8. The smallest absolute Gasteiger partial charge is 0.164 e. The van der Waals surface area contributed by atoms with Gasteiger partial charge in [-0.25, -0.2) is 29.9 Å². The maximum Gasteiger partial charge on any atom is 0.164 e. The van der Waals surface area contributed by atoms with Crippen LogP contribution in [0.4, 0.5) is 0 Å². The van der Waals surface area contributed by atoms with Crippen LogP contribution in [0.25, 0.3) is 134 Å². The predicted octanol–water partition coefficient (Wildman–Crippen LogP) is 25.2. The fraction of sp³-hybridized carbons (Fsp3) is 0.130. The van der Waals surface area contributed by atoms with Gasteiger partial charge >= 0.3 is 0 Å². The van der Waals surface area contributed by atoms with E-state index in [0.717, 1.165) is 131 Å². The number of nitrogens with zero attached hydrogens (tertiary/aromatic N) is 6. The average molecular weight is 1910 g/mol. The zero-order valence-corrected chi connectivity index (χ0v) is 69.5. The molecule has 5 heterocycles. The van der Waals surface area contributed by atoms with Gasteiger partial charge in [0.25, 0.3) is 0 Å². The third-order valence-corrected chi connectivity index (χ3v) is 30.1. The molecule has 3 aromatic heterocycles. The fourth-order valence-electron chi connectivity index (χ4n) is 21.8. The number of fused-ring (bicyclic) bond motifs is 44. The van der Waals surface area contributed by atoms with Crippen molar-refractivity contribution in [2.75, 3.05) is 0 Å². The molecule has 0 saturated carbocycles. The molecule has 25 rings (SSSR count). The highest BCUT2D eigenvalue weighted by molar-refractivity contribution is 9.11. The van der Waals surface area contributed by atoms with Gasteiger partial charge in [0.1, 0.15) is 22.6 Å². The number of benzene rings is 12. The molecule has 4 spiro atoms. The molecular weight excluding hydrogens is 1860 g/mol. The van der Waals surface area contributed by atoms with Gasteiger partial charge in [-0.3, -0.25) is 0 Å². The van der Waals surface area contributed by atoms with E-state index in [2.05, 4.69) is 332 Å². The van der Waals surface area contributed by atoms with E-state index in [1.54, 1.807) is 0 Å². The molecule has 12 aromatic carbocycles. The maximum atomic E-state index is 5.87. The van der Waals surface area contributed by atoms with Crippen molar-refractivity contribution in [3.63, 3.8) is 0 Å². The lowest BCUT2D eigenvalue weighted by Gasteiger charge is -2.27. The van der Waals surface area contributed by atoms with Crippen LogP contribution in [0.15, 0.2) is 230 Å². The topological polar surface area (TPSA) is 109 Å². The van der Waals surface area contributed by atoms with E-state index in [-0.39, 0.29) is 21.7 Å². The molecule has 0 unspecified atom stereocenters. The molecule has 8 bridgehead atoms. The van der Waals surface area contributed by atoms with Gasteiger partial charge in [-0.1, -0.05) is 176 Å². The summed E-state index contributed by atoms with van der Waals surface area (Å²) in [5.41, 5.74) is 36.6. The van der Waals surface area contributed by atoms with Crippen LogP contribution in [0.2, 0.25) is 0 Å². The largest absolute Gasteiger partial charge is 0.324 e. The van der Waals surface area contributed by atoms with Crippen LogP contribution >= 0.6 is 127 Å². The Hall–Kier alpha value is -8.16. The van der Waals surface area contributed by atoms with E-state index in [9.17, 15) is 0 Å². The first-order chi connectivity index (χ1) is 52.5. The molecule has 0 radical (unpaired) electrons. The molecule has 16 heteroatoms. The normalized spacial score (nSPS) is 16.5. The van der Waals surface area contributed by atoms with Gasteiger partial charge in [0.2, 0.25) is 0 Å². The molecule has 514 valence electrons. The highest BCUT2D eigenvalue weighted by atomic mass is 79.9. The number of aromatic nitrogens is 8. The number of rotatable bonds is 0. The minimum atomic E-state index is -0.303. The first-order valence-electron chi connectivity index (χ1n) is 36.4. The second-order valence-corrected chi connectivity index (χ2v) is 38.9. The predicted molar refractivity (Wildman–Crippen MR) is 458 cm³/mol. The summed E-state index contributed by atoms with van der Waals surface area (Å²) < 4.78 is 8.59. The van der Waals surface area contributed by atoms with E-state index in [1.807, 2.05) is 0 Å². The summed E-state index contributed by atoms with van der Waals surface area (Å²) in [6.45, 7) is 0. The van der Waals surface area contributed by atoms with E-state index in [0.29, 0.717) is 45.9 Å². The van der Waals surface area contributed by atoms with Crippen molar-refractivity contribution in [1.82, 2.24) is 39.9 Å². The van der Waals surface area contributed by atoms with Gasteiger partial charge in [0.05, 0.1) is 0 Å². The van der Waals surface area contributed by atoms with Crippen molar-refractivity contribution in [2.45, 2.75) is 73.0 Å². The van der Waals surface area contributed by atoms with Crippen molar-refractivity contribution in [2.24, 2.45) is 0 Å². The monoisotopic (exact) mass is 1900 g/mol. The quantitative estimate of drug-likeness (QED) is 0.157. The number of hydrogen-bond donors (Lipinski definition) is 2. The first kappa shape index (κ1) is 63.6. The highest BCUT2D eigenvalue weighted by Gasteiger charge is 2.53. The molecule has 0 atom stereocenters. The standard InChI is InChI=1S/C92H50Br8N8/c93-49-1-9-57-58-10-2-50(94)26-74(58)89(73(57)25-49)33-41-17-65-66(18-42(41)34-89)82-101-81(65)105-83-67-19-43-35-90(75-27-51(95)3-11-59(75)60-12-4-52(96)28-76(60)90)37-45(43)21-69(67)85(102-83)107-87-71-23-47-39-92(79-31-55(99)7-15-63(79)64-16-8-56(100)32-80(64)92)40-48(47)24-72(71)88(104-87)108-86-70-22-46-38-91(36-44(46)20-68(70)84(103-86)106-82)77-29-53(97)5-13-61(77)62-14-6-54(98)30-78(62)91/h1-32H,33-40H2,(H2,101,102,103,104,105,106,107,108). The lowest BCUT2D eigenvalue weighted by molar-refractivity contribution is 0.563. The van der Waals surface area contributed by atoms with Crippen LogP contribution in [0.3, 0.4) is 0 Å². The molecule has 8 nitrogen and oxygen atoms in total. The van der Waals surface area contributed by atoms with Crippen molar-refractivity contribution < 1.29 is 0 Å². The molecule has 15 aromatic rings. The second-order valence-electron chi connectivity index (χ2n) is 31.5. The molecule has 0 amide bonds. The number of H-pyrrole nitrogens is 2. The Balaban J connectivity index is 0.752. The molecule has 0 saturated heterocycles. The number of hydrogen-bond acceptors (Lipinski definition) is 6. The summed E-state index contributed by atoms with van der Waals surface area (Å²) in [6, 6.07) is 73.9. The van der Waals surface area contributed by atoms with Gasteiger partial charge < -0.3 is 9.97 Å². The zero-order chi connectivity index (χ0) is 71.7. The van der Waals surface area contributed by atoms with Crippen LogP contribution in [0, 0.1) is 0 Å². The van der Waals surface area contributed by atoms with Crippen LogP contribution in [0.5, 0.6) is 0 Å². The minimum absolute atomic E-state index is 0.302. The SMILES string of the molecule is Brc1ccc2c(c1)C1(Cc3cc4c(cc3C1)-c1nc-4nc3[nH]c(nc4nc(nc5[nH]c(n1)c1cc6c(cc51)CC1(C6)c5cc(Br)ccc5-c5ccc(Br)cc51)-c1cc5c(cc1-4)CC1(C5)c4cc(Br)ccc4-c4ccc(Br)cc41)c1cc4c(cc31)CC1(C4)c3cc(Br)ccc3-c3ccc(Br)cc31)c1cc(Br)ccc1-2. The number of aromatic amines is 2.